The van der Waals surface area contributed by atoms with Gasteiger partial charge in [0, 0.05) is 6.20 Å². The second-order valence-corrected chi connectivity index (χ2v) is 4.33. The summed E-state index contributed by atoms with van der Waals surface area (Å²) >= 11 is 0. The van der Waals surface area contributed by atoms with Gasteiger partial charge < -0.3 is 9.26 Å². The number of hydrogen-bond acceptors (Lipinski definition) is 5. The number of aromatic nitrogens is 2. The highest BCUT2D eigenvalue weighted by atomic mass is 16.5. The molecule has 0 fully saturated rings. The Balaban J connectivity index is 2.03. The summed E-state index contributed by atoms with van der Waals surface area (Å²) in [7, 11) is 0. The van der Waals surface area contributed by atoms with E-state index in [2.05, 4.69) is 10.1 Å². The average Bonchev–Trinajstić information content (AvgIpc) is 2.77. The highest BCUT2D eigenvalue weighted by Crippen LogP contribution is 2.30. The quantitative estimate of drug-likeness (QED) is 0.780. The van der Waals surface area contributed by atoms with Crippen molar-refractivity contribution in [1.29, 1.82) is 0 Å². The first-order valence-corrected chi connectivity index (χ1v) is 6.01. The standard InChI is InChI=1S/C13H13N3O3/c1-8-11(9(2)19-15-8)13(17)16-6-7-18-12-10(16)4-3-5-14-12/h3-5H,6-7H2,1-2H3. The molecule has 0 N–H and O–H groups in total. The molecule has 0 aromatic carbocycles. The maximum atomic E-state index is 12.6. The van der Waals surface area contributed by atoms with Crippen LogP contribution in [0.3, 0.4) is 0 Å². The summed E-state index contributed by atoms with van der Waals surface area (Å²) in [5.74, 6) is 0.877. The molecule has 0 saturated heterocycles. The highest BCUT2D eigenvalue weighted by molar-refractivity contribution is 6.08. The van der Waals surface area contributed by atoms with E-state index < -0.39 is 0 Å². The van der Waals surface area contributed by atoms with Gasteiger partial charge in [0.25, 0.3) is 5.91 Å². The Hall–Kier alpha value is -2.37. The Labute approximate surface area is 110 Å². The molecule has 19 heavy (non-hydrogen) atoms. The number of fused-ring (bicyclic) bond motifs is 1. The topological polar surface area (TPSA) is 68.5 Å². The van der Waals surface area contributed by atoms with Crippen molar-refractivity contribution in [2.45, 2.75) is 13.8 Å². The number of ether oxygens (including phenoxy) is 1. The molecular weight excluding hydrogens is 246 g/mol. The van der Waals surface area contributed by atoms with E-state index in [0.717, 1.165) is 0 Å². The zero-order valence-corrected chi connectivity index (χ0v) is 10.7. The second kappa shape index (κ2) is 4.38. The number of hydrogen-bond donors (Lipinski definition) is 0. The van der Waals surface area contributed by atoms with Crippen LogP contribution in [0.4, 0.5) is 5.69 Å². The minimum absolute atomic E-state index is 0.131. The first kappa shape index (κ1) is 11.7. The van der Waals surface area contributed by atoms with Gasteiger partial charge in [0.2, 0.25) is 5.88 Å². The molecule has 1 amide bonds. The van der Waals surface area contributed by atoms with Crippen LogP contribution in [0.2, 0.25) is 0 Å². The fraction of sp³-hybridized carbons (Fsp3) is 0.308. The molecule has 3 heterocycles. The van der Waals surface area contributed by atoms with E-state index in [1.54, 1.807) is 31.0 Å². The van der Waals surface area contributed by atoms with E-state index in [1.165, 1.54) is 0 Å². The van der Waals surface area contributed by atoms with Crippen molar-refractivity contribution in [2.75, 3.05) is 18.1 Å². The summed E-state index contributed by atoms with van der Waals surface area (Å²) in [5.41, 5.74) is 1.79. The molecule has 2 aromatic rings. The number of carbonyl (C=O) groups is 1. The van der Waals surface area contributed by atoms with Gasteiger partial charge in [0.15, 0.2) is 0 Å². The SMILES string of the molecule is Cc1noc(C)c1C(=O)N1CCOc2ncccc21. The number of pyridine rings is 1. The lowest BCUT2D eigenvalue weighted by molar-refractivity contribution is 0.0973. The third-order valence-electron chi connectivity index (χ3n) is 3.09. The molecule has 6 heteroatoms. The lowest BCUT2D eigenvalue weighted by Crippen LogP contribution is -2.38. The van der Waals surface area contributed by atoms with Crippen molar-refractivity contribution in [3.8, 4) is 5.88 Å². The van der Waals surface area contributed by atoms with E-state index in [1.807, 2.05) is 6.07 Å². The Bertz CT molecular complexity index is 616. The van der Waals surface area contributed by atoms with Crippen molar-refractivity contribution in [3.05, 3.63) is 35.3 Å². The Morgan fingerprint density at radius 3 is 3.00 bits per heavy atom. The number of anilines is 1. The molecule has 1 aliphatic rings. The largest absolute Gasteiger partial charge is 0.474 e. The molecule has 0 atom stereocenters. The summed E-state index contributed by atoms with van der Waals surface area (Å²) in [5, 5.41) is 3.82. The van der Waals surface area contributed by atoms with Crippen LogP contribution in [0.25, 0.3) is 0 Å². The van der Waals surface area contributed by atoms with Crippen LogP contribution in [0.15, 0.2) is 22.9 Å². The van der Waals surface area contributed by atoms with E-state index in [-0.39, 0.29) is 5.91 Å². The van der Waals surface area contributed by atoms with Gasteiger partial charge >= 0.3 is 0 Å². The number of amides is 1. The van der Waals surface area contributed by atoms with Gasteiger partial charge in [-0.2, -0.15) is 0 Å². The van der Waals surface area contributed by atoms with Crippen LogP contribution in [0.5, 0.6) is 5.88 Å². The van der Waals surface area contributed by atoms with Crippen LogP contribution >= 0.6 is 0 Å². The fourth-order valence-corrected chi connectivity index (χ4v) is 2.19. The minimum atomic E-state index is -0.131. The van der Waals surface area contributed by atoms with Crippen molar-refractivity contribution >= 4 is 11.6 Å². The van der Waals surface area contributed by atoms with Crippen molar-refractivity contribution in [1.82, 2.24) is 10.1 Å². The molecule has 0 saturated carbocycles. The molecule has 1 aliphatic heterocycles. The van der Waals surface area contributed by atoms with E-state index in [9.17, 15) is 4.79 Å². The fourth-order valence-electron chi connectivity index (χ4n) is 2.19. The zero-order chi connectivity index (χ0) is 13.4. The molecule has 0 unspecified atom stereocenters. The lowest BCUT2D eigenvalue weighted by atomic mass is 10.1. The van der Waals surface area contributed by atoms with Gasteiger partial charge in [0.1, 0.15) is 23.6 Å². The van der Waals surface area contributed by atoms with Crippen LogP contribution < -0.4 is 9.64 Å². The number of rotatable bonds is 1. The number of nitrogens with zero attached hydrogens (tertiary/aromatic N) is 3. The second-order valence-electron chi connectivity index (χ2n) is 4.33. The minimum Gasteiger partial charge on any atom is -0.474 e. The highest BCUT2D eigenvalue weighted by Gasteiger charge is 2.29. The average molecular weight is 259 g/mol. The lowest BCUT2D eigenvalue weighted by Gasteiger charge is -2.28. The summed E-state index contributed by atoms with van der Waals surface area (Å²) in [4.78, 5) is 18.4. The molecule has 0 aliphatic carbocycles. The summed E-state index contributed by atoms with van der Waals surface area (Å²) in [6.07, 6.45) is 1.64. The summed E-state index contributed by atoms with van der Waals surface area (Å²) in [6.45, 7) is 4.41. The van der Waals surface area contributed by atoms with Gasteiger partial charge in [-0.3, -0.25) is 9.69 Å². The predicted octanol–water partition coefficient (Wildman–Crippen LogP) is 1.73. The molecule has 3 rings (SSSR count). The normalized spacial score (nSPS) is 13.9. The van der Waals surface area contributed by atoms with E-state index >= 15 is 0 Å². The van der Waals surface area contributed by atoms with Crippen molar-refractivity contribution in [2.24, 2.45) is 0 Å². The molecular formula is C13H13N3O3. The molecule has 0 spiro atoms. The molecule has 98 valence electrons. The molecule has 0 bridgehead atoms. The predicted molar refractivity (Wildman–Crippen MR) is 67.4 cm³/mol. The third-order valence-corrected chi connectivity index (χ3v) is 3.09. The first-order chi connectivity index (χ1) is 9.18. The summed E-state index contributed by atoms with van der Waals surface area (Å²) < 4.78 is 10.5. The van der Waals surface area contributed by atoms with Gasteiger partial charge in [0.05, 0.1) is 12.2 Å². The van der Waals surface area contributed by atoms with Crippen molar-refractivity contribution in [3.63, 3.8) is 0 Å². The van der Waals surface area contributed by atoms with E-state index in [0.29, 0.717) is 41.7 Å². The zero-order valence-electron chi connectivity index (χ0n) is 10.7. The maximum absolute atomic E-state index is 12.6. The molecule has 6 nitrogen and oxygen atoms in total. The van der Waals surface area contributed by atoms with Crippen LogP contribution in [-0.4, -0.2) is 29.2 Å². The Morgan fingerprint density at radius 1 is 1.42 bits per heavy atom. The Morgan fingerprint density at radius 2 is 2.26 bits per heavy atom. The molecule has 2 aromatic heterocycles. The molecule has 0 radical (unpaired) electrons. The van der Waals surface area contributed by atoms with Gasteiger partial charge in [-0.25, -0.2) is 4.98 Å². The van der Waals surface area contributed by atoms with E-state index in [4.69, 9.17) is 9.26 Å². The van der Waals surface area contributed by atoms with Gasteiger partial charge in [-0.15, -0.1) is 0 Å². The van der Waals surface area contributed by atoms with Crippen LogP contribution in [-0.2, 0) is 0 Å². The summed E-state index contributed by atoms with van der Waals surface area (Å²) in [6, 6.07) is 3.60. The first-order valence-electron chi connectivity index (χ1n) is 6.01. The third kappa shape index (κ3) is 1.85. The van der Waals surface area contributed by atoms with Gasteiger partial charge in [-0.1, -0.05) is 5.16 Å². The number of carbonyl (C=O) groups excluding carboxylic acids is 1. The number of aryl methyl sites for hydroxylation is 2. The van der Waals surface area contributed by atoms with Crippen molar-refractivity contribution < 1.29 is 14.1 Å². The van der Waals surface area contributed by atoms with Gasteiger partial charge in [-0.05, 0) is 26.0 Å². The maximum Gasteiger partial charge on any atom is 0.264 e. The smallest absolute Gasteiger partial charge is 0.264 e. The van der Waals surface area contributed by atoms with Crippen LogP contribution in [0.1, 0.15) is 21.8 Å². The monoisotopic (exact) mass is 259 g/mol. The van der Waals surface area contributed by atoms with Crippen LogP contribution in [0, 0.1) is 13.8 Å². The Kier molecular flexibility index (Phi) is 2.70.